The van der Waals surface area contributed by atoms with Gasteiger partial charge in [0.15, 0.2) is 0 Å². The summed E-state index contributed by atoms with van der Waals surface area (Å²) >= 11 is 3.61. The van der Waals surface area contributed by atoms with Crippen molar-refractivity contribution in [2.24, 2.45) is 0 Å². The number of hydrazine groups is 2. The first-order valence-corrected chi connectivity index (χ1v) is 7.79. The summed E-state index contributed by atoms with van der Waals surface area (Å²) in [6.07, 6.45) is 8.03. The molecular formula is C12H22BrN3O. The van der Waals surface area contributed by atoms with Crippen LogP contribution in [0.15, 0.2) is 0 Å². The highest BCUT2D eigenvalue weighted by Crippen LogP contribution is 2.30. The molecule has 2 saturated carbocycles. The molecule has 5 unspecified atom stereocenters. The molecule has 5 heteroatoms. The molecule has 1 heterocycles. The molecule has 5 atom stereocenters. The van der Waals surface area contributed by atoms with E-state index < -0.39 is 0 Å². The van der Waals surface area contributed by atoms with Crippen molar-refractivity contribution in [1.29, 1.82) is 0 Å². The first-order chi connectivity index (χ1) is 8.24. The van der Waals surface area contributed by atoms with Crippen LogP contribution in [0.1, 0.15) is 44.9 Å². The molecule has 3 fully saturated rings. The molecular weight excluding hydrogens is 282 g/mol. The van der Waals surface area contributed by atoms with E-state index in [0.29, 0.717) is 16.9 Å². The van der Waals surface area contributed by atoms with Crippen LogP contribution >= 0.6 is 15.9 Å². The van der Waals surface area contributed by atoms with Gasteiger partial charge >= 0.3 is 0 Å². The van der Waals surface area contributed by atoms with Crippen LogP contribution in [0.2, 0.25) is 0 Å². The Balaban J connectivity index is 1.61. The SMILES string of the molecule is OC1CC(Br)CCC1N1NC2CCCCC2N1. The number of aliphatic hydroxyl groups excluding tert-OH is 1. The fourth-order valence-electron chi connectivity index (χ4n) is 3.41. The zero-order chi connectivity index (χ0) is 11.8. The summed E-state index contributed by atoms with van der Waals surface area (Å²) in [5, 5.41) is 12.3. The number of aliphatic hydroxyl groups is 1. The van der Waals surface area contributed by atoms with Crippen molar-refractivity contribution in [3.8, 4) is 0 Å². The molecule has 0 bridgehead atoms. The minimum absolute atomic E-state index is 0.228. The first-order valence-electron chi connectivity index (χ1n) is 6.88. The van der Waals surface area contributed by atoms with Crippen molar-refractivity contribution in [2.45, 2.75) is 74.0 Å². The normalized spacial score (nSPS) is 48.0. The molecule has 0 aromatic carbocycles. The zero-order valence-electron chi connectivity index (χ0n) is 10.1. The largest absolute Gasteiger partial charge is 0.391 e. The van der Waals surface area contributed by atoms with Gasteiger partial charge in [0, 0.05) is 16.9 Å². The molecule has 4 nitrogen and oxygen atoms in total. The maximum atomic E-state index is 10.2. The van der Waals surface area contributed by atoms with Gasteiger partial charge in [0.2, 0.25) is 0 Å². The van der Waals surface area contributed by atoms with Crippen molar-refractivity contribution < 1.29 is 5.11 Å². The topological polar surface area (TPSA) is 47.5 Å². The second-order valence-corrected chi connectivity index (χ2v) is 6.97. The highest BCUT2D eigenvalue weighted by molar-refractivity contribution is 9.09. The van der Waals surface area contributed by atoms with Crippen LogP contribution in [0.25, 0.3) is 0 Å². The lowest BCUT2D eigenvalue weighted by atomic mass is 9.92. The van der Waals surface area contributed by atoms with E-state index in [9.17, 15) is 5.11 Å². The van der Waals surface area contributed by atoms with Crippen LogP contribution in [0, 0.1) is 0 Å². The van der Waals surface area contributed by atoms with E-state index in [2.05, 4.69) is 31.9 Å². The van der Waals surface area contributed by atoms with Crippen LogP contribution in [-0.4, -0.2) is 39.3 Å². The molecule has 1 aliphatic heterocycles. The van der Waals surface area contributed by atoms with Crippen LogP contribution in [0.4, 0.5) is 0 Å². The maximum Gasteiger partial charge on any atom is 0.0734 e. The highest BCUT2D eigenvalue weighted by Gasteiger charge is 2.40. The van der Waals surface area contributed by atoms with Crippen molar-refractivity contribution in [1.82, 2.24) is 16.0 Å². The van der Waals surface area contributed by atoms with Crippen LogP contribution in [0.5, 0.6) is 0 Å². The molecule has 0 aromatic heterocycles. The van der Waals surface area contributed by atoms with Crippen molar-refractivity contribution in [3.05, 3.63) is 0 Å². The molecule has 0 radical (unpaired) electrons. The summed E-state index contributed by atoms with van der Waals surface area (Å²) in [4.78, 5) is 0.485. The van der Waals surface area contributed by atoms with Gasteiger partial charge in [-0.3, -0.25) is 0 Å². The Morgan fingerprint density at radius 3 is 2.24 bits per heavy atom. The van der Waals surface area contributed by atoms with E-state index in [-0.39, 0.29) is 12.1 Å². The Morgan fingerprint density at radius 2 is 1.65 bits per heavy atom. The van der Waals surface area contributed by atoms with Crippen LogP contribution in [-0.2, 0) is 0 Å². The third kappa shape index (κ3) is 2.54. The predicted molar refractivity (Wildman–Crippen MR) is 70.5 cm³/mol. The number of hydrogen-bond acceptors (Lipinski definition) is 4. The molecule has 3 rings (SSSR count). The van der Waals surface area contributed by atoms with Gasteiger partial charge in [0.1, 0.15) is 0 Å². The Hall–Kier alpha value is 0.320. The average Bonchev–Trinajstić information content (AvgIpc) is 2.72. The summed E-state index contributed by atoms with van der Waals surface area (Å²) in [5.74, 6) is 0. The number of hydrogen-bond donors (Lipinski definition) is 3. The molecule has 17 heavy (non-hydrogen) atoms. The van der Waals surface area contributed by atoms with Gasteiger partial charge in [0.25, 0.3) is 0 Å². The van der Waals surface area contributed by atoms with E-state index in [4.69, 9.17) is 0 Å². The quantitative estimate of drug-likeness (QED) is 0.639. The number of fused-ring (bicyclic) bond motifs is 1. The molecule has 3 N–H and O–H groups in total. The third-order valence-electron chi connectivity index (χ3n) is 4.42. The smallest absolute Gasteiger partial charge is 0.0734 e. The van der Waals surface area contributed by atoms with Gasteiger partial charge < -0.3 is 5.11 Å². The minimum Gasteiger partial charge on any atom is -0.391 e. The third-order valence-corrected chi connectivity index (χ3v) is 5.26. The van der Waals surface area contributed by atoms with Crippen LogP contribution in [0.3, 0.4) is 0 Å². The lowest BCUT2D eigenvalue weighted by Gasteiger charge is -2.36. The number of alkyl halides is 1. The zero-order valence-corrected chi connectivity index (χ0v) is 11.7. The van der Waals surface area contributed by atoms with Gasteiger partial charge in [-0.2, -0.15) is 5.12 Å². The van der Waals surface area contributed by atoms with E-state index in [1.807, 2.05) is 0 Å². The maximum absolute atomic E-state index is 10.2. The second kappa shape index (κ2) is 5.13. The van der Waals surface area contributed by atoms with Gasteiger partial charge in [-0.15, -0.1) is 0 Å². The number of halogens is 1. The highest BCUT2D eigenvalue weighted by atomic mass is 79.9. The van der Waals surface area contributed by atoms with Gasteiger partial charge in [-0.1, -0.05) is 28.8 Å². The lowest BCUT2D eigenvalue weighted by molar-refractivity contribution is -0.0174. The summed E-state index contributed by atoms with van der Waals surface area (Å²) in [6.45, 7) is 0. The van der Waals surface area contributed by atoms with Crippen molar-refractivity contribution >= 4 is 15.9 Å². The average molecular weight is 304 g/mol. The minimum atomic E-state index is -0.228. The van der Waals surface area contributed by atoms with E-state index in [1.54, 1.807) is 0 Å². The molecule has 2 aliphatic carbocycles. The van der Waals surface area contributed by atoms with Gasteiger partial charge in [-0.25, -0.2) is 10.9 Å². The van der Waals surface area contributed by atoms with Gasteiger partial charge in [0.05, 0.1) is 12.1 Å². The summed E-state index contributed by atoms with van der Waals surface area (Å²) in [5.41, 5.74) is 7.11. The Kier molecular flexibility index (Phi) is 3.73. The lowest BCUT2D eigenvalue weighted by Crippen LogP contribution is -2.55. The van der Waals surface area contributed by atoms with E-state index in [1.165, 1.54) is 25.7 Å². The molecule has 98 valence electrons. The standard InChI is InChI=1S/C12H22BrN3O/c13-8-5-6-11(12(17)7-8)16-14-9-3-1-2-4-10(9)15-16/h8-12,14-15,17H,1-7H2. The summed E-state index contributed by atoms with van der Waals surface area (Å²) in [7, 11) is 0. The number of nitrogens with zero attached hydrogens (tertiary/aromatic N) is 1. The Labute approximate surface area is 111 Å². The first kappa shape index (κ1) is 12.4. The summed E-state index contributed by atoms with van der Waals surface area (Å²) < 4.78 is 0. The van der Waals surface area contributed by atoms with Crippen LogP contribution < -0.4 is 10.9 Å². The van der Waals surface area contributed by atoms with E-state index >= 15 is 0 Å². The molecule has 1 saturated heterocycles. The fraction of sp³-hybridized carbons (Fsp3) is 1.00. The van der Waals surface area contributed by atoms with Crippen molar-refractivity contribution in [2.75, 3.05) is 0 Å². The monoisotopic (exact) mass is 303 g/mol. The Bertz CT molecular complexity index is 264. The second-order valence-electron chi connectivity index (χ2n) is 5.67. The molecule has 0 amide bonds. The Morgan fingerprint density at radius 1 is 1.00 bits per heavy atom. The molecule has 3 aliphatic rings. The number of nitrogens with one attached hydrogen (secondary N) is 2. The molecule has 0 spiro atoms. The fourth-order valence-corrected chi connectivity index (χ4v) is 4.06. The summed E-state index contributed by atoms with van der Waals surface area (Å²) in [6, 6.07) is 1.39. The van der Waals surface area contributed by atoms with E-state index in [0.717, 1.165) is 19.3 Å². The number of rotatable bonds is 1. The predicted octanol–water partition coefficient (Wildman–Crippen LogP) is 1.30. The van der Waals surface area contributed by atoms with Crippen molar-refractivity contribution in [3.63, 3.8) is 0 Å². The molecule has 0 aromatic rings. The van der Waals surface area contributed by atoms with Gasteiger partial charge in [-0.05, 0) is 32.1 Å².